The van der Waals surface area contributed by atoms with Crippen molar-refractivity contribution in [1.82, 2.24) is 4.98 Å². The maximum Gasteiger partial charge on any atom is 0.198 e. The number of thioether (sulfide) groups is 1. The zero-order valence-corrected chi connectivity index (χ0v) is 13.2. The predicted octanol–water partition coefficient (Wildman–Crippen LogP) is 3.34. The lowest BCUT2D eigenvalue weighted by atomic mass is 9.95. The lowest BCUT2D eigenvalue weighted by molar-refractivity contribution is -0.110. The van der Waals surface area contributed by atoms with Gasteiger partial charge >= 0.3 is 0 Å². The van der Waals surface area contributed by atoms with Gasteiger partial charge in [0.2, 0.25) is 0 Å². The van der Waals surface area contributed by atoms with Gasteiger partial charge in [-0.2, -0.15) is 0 Å². The number of nitrogens with zero attached hydrogens (tertiary/aromatic N) is 1. The molecule has 2 heterocycles. The molecule has 19 heavy (non-hydrogen) atoms. The number of benzene rings is 1. The second-order valence-electron chi connectivity index (χ2n) is 4.52. The summed E-state index contributed by atoms with van der Waals surface area (Å²) in [6, 6.07) is 5.67. The first-order valence-electron chi connectivity index (χ1n) is 5.65. The molecule has 0 radical (unpaired) electrons. The van der Waals surface area contributed by atoms with Crippen LogP contribution in [0.4, 0.5) is 0 Å². The van der Waals surface area contributed by atoms with Gasteiger partial charge in [0.25, 0.3) is 0 Å². The van der Waals surface area contributed by atoms with E-state index in [-0.39, 0.29) is 5.12 Å². The van der Waals surface area contributed by atoms with E-state index in [9.17, 15) is 9.90 Å². The van der Waals surface area contributed by atoms with Crippen molar-refractivity contribution in [2.24, 2.45) is 0 Å². The van der Waals surface area contributed by atoms with Crippen LogP contribution in [0.25, 0.3) is 0 Å². The summed E-state index contributed by atoms with van der Waals surface area (Å²) in [5.74, 6) is 0. The standard InChI is InChI=1S/C13H10BrNO2S2/c1-13(17,12-15-10(14)6-18-12)8-3-2-7-4-11(16)19-9(7)5-8/h2-3,5-6,17H,4H2,1H3. The van der Waals surface area contributed by atoms with E-state index in [1.54, 1.807) is 6.92 Å². The Kier molecular flexibility index (Phi) is 3.29. The average Bonchev–Trinajstić information content (AvgIpc) is 2.93. The highest BCUT2D eigenvalue weighted by Gasteiger charge is 2.31. The molecule has 2 aromatic rings. The molecule has 0 aliphatic carbocycles. The highest BCUT2D eigenvalue weighted by atomic mass is 79.9. The molecule has 6 heteroatoms. The largest absolute Gasteiger partial charge is 0.378 e. The molecule has 0 spiro atoms. The van der Waals surface area contributed by atoms with Crippen LogP contribution in [0, 0.1) is 0 Å². The molecule has 1 N–H and O–H groups in total. The molecule has 1 unspecified atom stereocenters. The third kappa shape index (κ3) is 2.38. The van der Waals surface area contributed by atoms with Crippen molar-refractivity contribution in [3.8, 4) is 0 Å². The van der Waals surface area contributed by atoms with E-state index >= 15 is 0 Å². The normalized spacial score (nSPS) is 17.3. The van der Waals surface area contributed by atoms with Gasteiger partial charge in [-0.05, 0) is 40.0 Å². The second kappa shape index (κ2) is 4.70. The van der Waals surface area contributed by atoms with Crippen molar-refractivity contribution in [3.05, 3.63) is 44.3 Å². The molecule has 0 amide bonds. The lowest BCUT2D eigenvalue weighted by Crippen LogP contribution is -2.22. The molecule has 98 valence electrons. The van der Waals surface area contributed by atoms with E-state index in [1.807, 2.05) is 23.6 Å². The summed E-state index contributed by atoms with van der Waals surface area (Å²) in [5.41, 5.74) is 0.655. The smallest absolute Gasteiger partial charge is 0.198 e. The molecule has 1 aliphatic rings. The fourth-order valence-corrected chi connectivity index (χ4v) is 4.28. The minimum Gasteiger partial charge on any atom is -0.378 e. The first-order valence-corrected chi connectivity index (χ1v) is 8.13. The lowest BCUT2D eigenvalue weighted by Gasteiger charge is -2.21. The molecular formula is C13H10BrNO2S2. The van der Waals surface area contributed by atoms with Gasteiger partial charge in [0.1, 0.15) is 15.2 Å². The molecule has 0 saturated carbocycles. The number of halogens is 1. The Hall–Kier alpha value is -0.690. The minimum absolute atomic E-state index is 0.156. The molecule has 1 aromatic heterocycles. The van der Waals surface area contributed by atoms with E-state index in [2.05, 4.69) is 20.9 Å². The van der Waals surface area contributed by atoms with Crippen LogP contribution >= 0.6 is 39.0 Å². The molecule has 1 atom stereocenters. The van der Waals surface area contributed by atoms with Gasteiger partial charge < -0.3 is 5.11 Å². The number of aromatic nitrogens is 1. The van der Waals surface area contributed by atoms with Crippen molar-refractivity contribution >= 4 is 44.1 Å². The first-order chi connectivity index (χ1) is 8.96. The van der Waals surface area contributed by atoms with Crippen LogP contribution in [-0.4, -0.2) is 15.2 Å². The predicted molar refractivity (Wildman–Crippen MR) is 79.5 cm³/mol. The highest BCUT2D eigenvalue weighted by molar-refractivity contribution is 9.10. The monoisotopic (exact) mass is 355 g/mol. The fourth-order valence-electron chi connectivity index (χ4n) is 2.01. The Morgan fingerprint density at radius 3 is 2.95 bits per heavy atom. The Balaban J connectivity index is 2.03. The van der Waals surface area contributed by atoms with E-state index in [0.29, 0.717) is 11.4 Å². The molecule has 3 nitrogen and oxygen atoms in total. The highest BCUT2D eigenvalue weighted by Crippen LogP contribution is 2.38. The van der Waals surface area contributed by atoms with Crippen LogP contribution in [-0.2, 0) is 16.8 Å². The van der Waals surface area contributed by atoms with Gasteiger partial charge in [0.05, 0.1) is 0 Å². The van der Waals surface area contributed by atoms with Crippen LogP contribution in [0.15, 0.2) is 33.1 Å². The summed E-state index contributed by atoms with van der Waals surface area (Å²) in [7, 11) is 0. The van der Waals surface area contributed by atoms with Gasteiger partial charge in [-0.15, -0.1) is 11.3 Å². The number of carbonyl (C=O) groups excluding carboxylic acids is 1. The SMILES string of the molecule is CC(O)(c1ccc2c(c1)SC(=O)C2)c1nc(Br)cs1. The number of carbonyl (C=O) groups is 1. The number of aliphatic hydroxyl groups is 1. The number of hydrogen-bond acceptors (Lipinski definition) is 5. The van der Waals surface area contributed by atoms with Crippen molar-refractivity contribution in [2.75, 3.05) is 0 Å². The first kappa shape index (κ1) is 13.3. The van der Waals surface area contributed by atoms with Crippen LogP contribution < -0.4 is 0 Å². The fraction of sp³-hybridized carbons (Fsp3) is 0.231. The van der Waals surface area contributed by atoms with Crippen molar-refractivity contribution in [2.45, 2.75) is 23.8 Å². The van der Waals surface area contributed by atoms with Gasteiger partial charge in [0.15, 0.2) is 5.12 Å². The summed E-state index contributed by atoms with van der Waals surface area (Å²) in [4.78, 5) is 16.6. The Morgan fingerprint density at radius 2 is 2.26 bits per heavy atom. The topological polar surface area (TPSA) is 50.2 Å². The summed E-state index contributed by atoms with van der Waals surface area (Å²) in [5, 5.41) is 13.3. The second-order valence-corrected chi connectivity index (χ2v) is 7.29. The van der Waals surface area contributed by atoms with Crippen LogP contribution in [0.1, 0.15) is 23.1 Å². The van der Waals surface area contributed by atoms with Crippen molar-refractivity contribution < 1.29 is 9.90 Å². The Labute approximate surface area is 127 Å². The maximum absolute atomic E-state index is 11.4. The number of hydrogen-bond donors (Lipinski definition) is 1. The quantitative estimate of drug-likeness (QED) is 0.897. The van der Waals surface area contributed by atoms with E-state index in [4.69, 9.17) is 0 Å². The van der Waals surface area contributed by atoms with E-state index < -0.39 is 5.60 Å². The molecular weight excluding hydrogens is 346 g/mol. The molecule has 0 fully saturated rings. The Bertz CT molecular complexity index is 666. The minimum atomic E-state index is -1.14. The summed E-state index contributed by atoms with van der Waals surface area (Å²) >= 11 is 5.94. The third-order valence-corrected chi connectivity index (χ3v) is 5.81. The molecule has 3 rings (SSSR count). The number of rotatable bonds is 2. The average molecular weight is 356 g/mol. The van der Waals surface area contributed by atoms with Gasteiger partial charge in [-0.1, -0.05) is 23.9 Å². The van der Waals surface area contributed by atoms with Crippen molar-refractivity contribution in [3.63, 3.8) is 0 Å². The van der Waals surface area contributed by atoms with Crippen LogP contribution in [0.2, 0.25) is 0 Å². The van der Waals surface area contributed by atoms with Crippen molar-refractivity contribution in [1.29, 1.82) is 0 Å². The zero-order chi connectivity index (χ0) is 13.6. The van der Waals surface area contributed by atoms with E-state index in [1.165, 1.54) is 23.1 Å². The molecule has 1 aromatic carbocycles. The number of fused-ring (bicyclic) bond motifs is 1. The van der Waals surface area contributed by atoms with Crippen LogP contribution in [0.3, 0.4) is 0 Å². The summed E-state index contributed by atoms with van der Waals surface area (Å²) in [6.07, 6.45) is 0.477. The third-order valence-electron chi connectivity index (χ3n) is 3.08. The molecule has 1 aliphatic heterocycles. The zero-order valence-electron chi connectivity index (χ0n) is 10.0. The summed E-state index contributed by atoms with van der Waals surface area (Å²) < 4.78 is 0.721. The van der Waals surface area contributed by atoms with Gasteiger partial charge in [0, 0.05) is 16.7 Å². The number of thiazole rings is 1. The summed E-state index contributed by atoms with van der Waals surface area (Å²) in [6.45, 7) is 1.72. The maximum atomic E-state index is 11.4. The van der Waals surface area contributed by atoms with Gasteiger partial charge in [-0.3, -0.25) is 4.79 Å². The Morgan fingerprint density at radius 1 is 1.47 bits per heavy atom. The molecule has 0 saturated heterocycles. The molecule has 0 bridgehead atoms. The van der Waals surface area contributed by atoms with E-state index in [0.717, 1.165) is 20.6 Å². The van der Waals surface area contributed by atoms with Crippen LogP contribution in [0.5, 0.6) is 0 Å². The van der Waals surface area contributed by atoms with Gasteiger partial charge in [-0.25, -0.2) is 4.98 Å².